The van der Waals surface area contributed by atoms with Crippen LogP contribution >= 0.6 is 0 Å². The lowest BCUT2D eigenvalue weighted by molar-refractivity contribution is -0.131. The van der Waals surface area contributed by atoms with E-state index < -0.39 is 5.97 Å². The van der Waals surface area contributed by atoms with Gasteiger partial charge in [-0.2, -0.15) is 0 Å². The molecule has 0 aromatic carbocycles. The maximum absolute atomic E-state index is 10.1. The van der Waals surface area contributed by atoms with Gasteiger partial charge in [0.2, 0.25) is 0 Å². The minimum atomic E-state index is -0.888. The van der Waals surface area contributed by atoms with Gasteiger partial charge in [-0.3, -0.25) is 5.43 Å². The molecule has 1 saturated heterocycles. The van der Waals surface area contributed by atoms with Crippen molar-refractivity contribution in [2.75, 3.05) is 19.6 Å². The Bertz CT molecular complexity index is 186. The normalized spacial score (nSPS) is 19.4. The molecule has 1 aliphatic rings. The van der Waals surface area contributed by atoms with E-state index in [1.807, 2.05) is 0 Å². The van der Waals surface area contributed by atoms with Crippen LogP contribution in [0.2, 0.25) is 0 Å². The van der Waals surface area contributed by atoms with Crippen molar-refractivity contribution in [2.45, 2.75) is 19.3 Å². The minimum absolute atomic E-state index is 0.603. The first-order valence-corrected chi connectivity index (χ1v) is 4.67. The number of nitrogens with one attached hydrogen (secondary N) is 1. The third-order valence-electron chi connectivity index (χ3n) is 2.05. The Hall–Kier alpha value is -0.870. The van der Waals surface area contributed by atoms with Crippen LogP contribution in [0, 0.1) is 0 Å². The molecule has 0 amide bonds. The number of carboxylic acid groups (broad SMARTS) is 1. The Morgan fingerprint density at radius 2 is 2.08 bits per heavy atom. The first kappa shape index (κ1) is 10.2. The molecule has 13 heavy (non-hydrogen) atoms. The fourth-order valence-corrected chi connectivity index (χ4v) is 1.39. The van der Waals surface area contributed by atoms with Gasteiger partial charge in [-0.15, -0.1) is 0 Å². The van der Waals surface area contributed by atoms with Crippen molar-refractivity contribution < 1.29 is 9.90 Å². The second kappa shape index (κ2) is 5.72. The average Bonchev–Trinajstić information content (AvgIpc) is 2.14. The number of hydrogen-bond donors (Lipinski definition) is 2. The van der Waals surface area contributed by atoms with Gasteiger partial charge in [0.1, 0.15) is 0 Å². The molecule has 1 rings (SSSR count). The summed E-state index contributed by atoms with van der Waals surface area (Å²) in [6.45, 7) is 2.74. The number of carboxylic acids is 1. The number of hydrazine groups is 1. The summed E-state index contributed by atoms with van der Waals surface area (Å²) in [6, 6.07) is 0. The summed E-state index contributed by atoms with van der Waals surface area (Å²) < 4.78 is 0. The Balaban J connectivity index is 2.07. The van der Waals surface area contributed by atoms with Gasteiger partial charge in [-0.1, -0.05) is 12.5 Å². The van der Waals surface area contributed by atoms with E-state index in [0.29, 0.717) is 6.54 Å². The Morgan fingerprint density at radius 3 is 2.69 bits per heavy atom. The molecule has 74 valence electrons. The monoisotopic (exact) mass is 184 g/mol. The van der Waals surface area contributed by atoms with Crippen LogP contribution in [0.15, 0.2) is 12.2 Å². The van der Waals surface area contributed by atoms with Crippen LogP contribution in [0.4, 0.5) is 0 Å². The quantitative estimate of drug-likeness (QED) is 0.629. The zero-order valence-electron chi connectivity index (χ0n) is 7.70. The molecule has 1 fully saturated rings. The van der Waals surface area contributed by atoms with Crippen molar-refractivity contribution >= 4 is 5.97 Å². The van der Waals surface area contributed by atoms with Crippen molar-refractivity contribution in [3.63, 3.8) is 0 Å². The number of rotatable bonds is 4. The van der Waals surface area contributed by atoms with Crippen LogP contribution in [0.5, 0.6) is 0 Å². The molecule has 0 spiro atoms. The highest BCUT2D eigenvalue weighted by atomic mass is 16.4. The van der Waals surface area contributed by atoms with Gasteiger partial charge in [-0.05, 0) is 12.8 Å². The summed E-state index contributed by atoms with van der Waals surface area (Å²) in [5.74, 6) is -0.888. The van der Waals surface area contributed by atoms with Gasteiger partial charge in [0.25, 0.3) is 0 Å². The highest BCUT2D eigenvalue weighted by Gasteiger charge is 2.07. The highest BCUT2D eigenvalue weighted by molar-refractivity contribution is 5.79. The predicted molar refractivity (Wildman–Crippen MR) is 50.2 cm³/mol. The van der Waals surface area contributed by atoms with Crippen molar-refractivity contribution in [2.24, 2.45) is 0 Å². The van der Waals surface area contributed by atoms with Crippen molar-refractivity contribution in [3.05, 3.63) is 12.2 Å². The molecule has 0 saturated carbocycles. The minimum Gasteiger partial charge on any atom is -0.478 e. The molecule has 0 atom stereocenters. The molecular formula is C9H16N2O2. The van der Waals surface area contributed by atoms with Crippen molar-refractivity contribution in [3.8, 4) is 0 Å². The lowest BCUT2D eigenvalue weighted by Crippen LogP contribution is -2.41. The van der Waals surface area contributed by atoms with Crippen LogP contribution in [-0.2, 0) is 4.79 Å². The van der Waals surface area contributed by atoms with Crippen molar-refractivity contribution in [1.29, 1.82) is 0 Å². The molecule has 4 nitrogen and oxygen atoms in total. The summed E-state index contributed by atoms with van der Waals surface area (Å²) in [5.41, 5.74) is 3.16. The Morgan fingerprint density at radius 1 is 1.38 bits per heavy atom. The number of aliphatic carboxylic acids is 1. The van der Waals surface area contributed by atoms with Crippen LogP contribution in [0.1, 0.15) is 19.3 Å². The van der Waals surface area contributed by atoms with Gasteiger partial charge in [-0.25, -0.2) is 9.80 Å². The third kappa shape index (κ3) is 4.65. The molecule has 0 unspecified atom stereocenters. The fraction of sp³-hybridized carbons (Fsp3) is 0.667. The van der Waals surface area contributed by atoms with Crippen LogP contribution in [0.25, 0.3) is 0 Å². The van der Waals surface area contributed by atoms with E-state index in [1.165, 1.54) is 19.3 Å². The fourth-order valence-electron chi connectivity index (χ4n) is 1.39. The van der Waals surface area contributed by atoms with E-state index in [9.17, 15) is 4.79 Å². The number of carbonyl (C=O) groups is 1. The van der Waals surface area contributed by atoms with E-state index >= 15 is 0 Å². The van der Waals surface area contributed by atoms with Gasteiger partial charge in [0.15, 0.2) is 0 Å². The standard InChI is InChI=1S/C9H16N2O2/c12-9(13)5-4-6-10-11-7-2-1-3-8-11/h4-5,10H,1-3,6-8H2,(H,12,13)/b5-4+. The zero-order valence-corrected chi connectivity index (χ0v) is 7.70. The molecule has 0 radical (unpaired) electrons. The van der Waals surface area contributed by atoms with Crippen LogP contribution < -0.4 is 5.43 Å². The maximum Gasteiger partial charge on any atom is 0.328 e. The van der Waals surface area contributed by atoms with Crippen LogP contribution in [-0.4, -0.2) is 35.7 Å². The topological polar surface area (TPSA) is 52.6 Å². The predicted octanol–water partition coefficient (Wildman–Crippen LogP) is 0.618. The number of hydrogen-bond acceptors (Lipinski definition) is 3. The second-order valence-corrected chi connectivity index (χ2v) is 3.15. The SMILES string of the molecule is O=C(O)/C=C/CNN1CCCCC1. The first-order chi connectivity index (χ1) is 6.29. The van der Waals surface area contributed by atoms with E-state index in [-0.39, 0.29) is 0 Å². The summed E-state index contributed by atoms with van der Waals surface area (Å²) in [4.78, 5) is 10.1. The van der Waals surface area contributed by atoms with Gasteiger partial charge in [0, 0.05) is 25.7 Å². The summed E-state index contributed by atoms with van der Waals surface area (Å²) in [7, 11) is 0. The van der Waals surface area contributed by atoms with E-state index in [4.69, 9.17) is 5.11 Å². The Kier molecular flexibility index (Phi) is 4.49. The van der Waals surface area contributed by atoms with Gasteiger partial charge >= 0.3 is 5.97 Å². The van der Waals surface area contributed by atoms with E-state index in [0.717, 1.165) is 19.2 Å². The van der Waals surface area contributed by atoms with Crippen molar-refractivity contribution in [1.82, 2.24) is 10.4 Å². The summed E-state index contributed by atoms with van der Waals surface area (Å²) in [6.07, 6.45) is 6.56. The molecule has 1 aliphatic heterocycles. The molecule has 2 N–H and O–H groups in total. The first-order valence-electron chi connectivity index (χ1n) is 4.67. The van der Waals surface area contributed by atoms with Gasteiger partial charge < -0.3 is 5.11 Å². The smallest absolute Gasteiger partial charge is 0.328 e. The molecule has 0 aromatic rings. The average molecular weight is 184 g/mol. The Labute approximate surface area is 78.2 Å². The zero-order chi connectivity index (χ0) is 9.52. The maximum atomic E-state index is 10.1. The lowest BCUT2D eigenvalue weighted by Gasteiger charge is -2.26. The molecule has 0 aliphatic carbocycles. The number of nitrogens with zero attached hydrogens (tertiary/aromatic N) is 1. The van der Waals surface area contributed by atoms with Crippen LogP contribution in [0.3, 0.4) is 0 Å². The molecule has 1 heterocycles. The molecular weight excluding hydrogens is 168 g/mol. The van der Waals surface area contributed by atoms with E-state index in [1.54, 1.807) is 6.08 Å². The highest BCUT2D eigenvalue weighted by Crippen LogP contribution is 2.05. The third-order valence-corrected chi connectivity index (χ3v) is 2.05. The molecule has 0 aromatic heterocycles. The summed E-state index contributed by atoms with van der Waals surface area (Å²) in [5, 5.41) is 10.5. The largest absolute Gasteiger partial charge is 0.478 e. The molecule has 0 bridgehead atoms. The summed E-state index contributed by atoms with van der Waals surface area (Å²) >= 11 is 0. The lowest BCUT2D eigenvalue weighted by atomic mass is 10.2. The van der Waals surface area contributed by atoms with E-state index in [2.05, 4.69) is 10.4 Å². The second-order valence-electron chi connectivity index (χ2n) is 3.15. The van der Waals surface area contributed by atoms with Gasteiger partial charge in [0.05, 0.1) is 0 Å². The number of piperidine rings is 1. The molecule has 4 heteroatoms.